The maximum absolute atomic E-state index is 5.71. The van der Waals surface area contributed by atoms with Gasteiger partial charge >= 0.3 is 0 Å². The lowest BCUT2D eigenvalue weighted by molar-refractivity contribution is 0.577. The van der Waals surface area contributed by atoms with Gasteiger partial charge in [-0.15, -0.1) is 0 Å². The second kappa shape index (κ2) is 4.19. The van der Waals surface area contributed by atoms with E-state index in [9.17, 15) is 0 Å². The summed E-state index contributed by atoms with van der Waals surface area (Å²) in [7, 11) is 0. The molecule has 0 amide bonds. The molecule has 3 aromatic rings. The normalized spacial score (nSPS) is 12.2. The third-order valence-corrected chi connectivity index (χ3v) is 3.20. The number of hydrogen-bond donors (Lipinski definition) is 0. The number of benzene rings is 2. The number of fused-ring (bicyclic) bond motifs is 1. The van der Waals surface area contributed by atoms with Crippen molar-refractivity contribution in [3.05, 3.63) is 59.2 Å². The lowest BCUT2D eigenvalue weighted by Crippen LogP contribution is -2.16. The molecule has 0 aliphatic rings. The SMILES string of the molecule is C=c1oc2cc(-c3ccccc3)ccc2/c1=C/C. The zero-order chi connectivity index (χ0) is 12.5. The fraction of sp³-hybridized carbons (Fsp3) is 0.0588. The van der Waals surface area contributed by atoms with Crippen LogP contribution in [0.15, 0.2) is 52.9 Å². The zero-order valence-corrected chi connectivity index (χ0v) is 10.3. The van der Waals surface area contributed by atoms with Gasteiger partial charge in [0.05, 0.1) is 0 Å². The quantitative estimate of drug-likeness (QED) is 0.629. The molecule has 1 heterocycles. The van der Waals surface area contributed by atoms with Crippen molar-refractivity contribution < 1.29 is 4.42 Å². The van der Waals surface area contributed by atoms with Gasteiger partial charge in [0.15, 0.2) is 0 Å². The van der Waals surface area contributed by atoms with E-state index in [0.29, 0.717) is 0 Å². The van der Waals surface area contributed by atoms with Crippen LogP contribution in [0.4, 0.5) is 0 Å². The van der Waals surface area contributed by atoms with Crippen LogP contribution in [0.2, 0.25) is 0 Å². The van der Waals surface area contributed by atoms with Crippen LogP contribution in [0, 0.1) is 0 Å². The Labute approximate surface area is 106 Å². The molecule has 0 spiro atoms. The van der Waals surface area contributed by atoms with Crippen molar-refractivity contribution in [1.29, 1.82) is 0 Å². The summed E-state index contributed by atoms with van der Waals surface area (Å²) in [6.45, 7) is 5.94. The van der Waals surface area contributed by atoms with E-state index in [1.54, 1.807) is 0 Å². The lowest BCUT2D eigenvalue weighted by Gasteiger charge is -2.00. The van der Waals surface area contributed by atoms with Crippen LogP contribution in [0.3, 0.4) is 0 Å². The van der Waals surface area contributed by atoms with Crippen LogP contribution in [0.25, 0.3) is 34.8 Å². The van der Waals surface area contributed by atoms with Crippen LogP contribution in [-0.4, -0.2) is 0 Å². The molecule has 0 N–H and O–H groups in total. The van der Waals surface area contributed by atoms with Gasteiger partial charge in [-0.05, 0) is 30.2 Å². The van der Waals surface area contributed by atoms with Crippen molar-refractivity contribution in [3.63, 3.8) is 0 Å². The van der Waals surface area contributed by atoms with Crippen LogP contribution >= 0.6 is 0 Å². The molecule has 3 rings (SSSR count). The summed E-state index contributed by atoms with van der Waals surface area (Å²) in [5, 5.41) is 2.21. The Kier molecular flexibility index (Phi) is 2.52. The van der Waals surface area contributed by atoms with Gasteiger partial charge in [0.25, 0.3) is 0 Å². The average molecular weight is 234 g/mol. The standard InChI is InChI=1S/C17H14O/c1-3-15-12(2)18-17-11-14(9-10-16(15)17)13-7-5-4-6-8-13/h3-11H,2H2,1H3/b15-3+. The molecule has 0 fully saturated rings. The van der Waals surface area contributed by atoms with E-state index < -0.39 is 0 Å². The van der Waals surface area contributed by atoms with Crippen LogP contribution in [0.5, 0.6) is 0 Å². The summed E-state index contributed by atoms with van der Waals surface area (Å²) >= 11 is 0. The molecule has 18 heavy (non-hydrogen) atoms. The smallest absolute Gasteiger partial charge is 0.135 e. The highest BCUT2D eigenvalue weighted by Crippen LogP contribution is 2.22. The third kappa shape index (κ3) is 1.65. The maximum atomic E-state index is 5.71. The molecule has 0 atom stereocenters. The van der Waals surface area contributed by atoms with Crippen molar-refractivity contribution >= 4 is 23.6 Å². The van der Waals surface area contributed by atoms with Gasteiger partial charge in [-0.2, -0.15) is 0 Å². The van der Waals surface area contributed by atoms with E-state index in [4.69, 9.17) is 4.42 Å². The van der Waals surface area contributed by atoms with E-state index in [2.05, 4.69) is 36.9 Å². The first-order chi connectivity index (χ1) is 8.79. The minimum absolute atomic E-state index is 0.734. The first-order valence-corrected chi connectivity index (χ1v) is 6.03. The van der Waals surface area contributed by atoms with Crippen molar-refractivity contribution in [2.24, 2.45) is 0 Å². The monoisotopic (exact) mass is 234 g/mol. The first kappa shape index (κ1) is 10.8. The fourth-order valence-electron chi connectivity index (χ4n) is 2.29. The summed E-state index contributed by atoms with van der Waals surface area (Å²) < 4.78 is 5.71. The first-order valence-electron chi connectivity index (χ1n) is 6.03. The van der Waals surface area contributed by atoms with Crippen molar-refractivity contribution in [2.75, 3.05) is 0 Å². The van der Waals surface area contributed by atoms with Crippen molar-refractivity contribution in [2.45, 2.75) is 6.92 Å². The molecule has 0 radical (unpaired) electrons. The van der Waals surface area contributed by atoms with Gasteiger partial charge < -0.3 is 4.42 Å². The molecule has 0 bridgehead atoms. The van der Waals surface area contributed by atoms with Crippen molar-refractivity contribution in [3.8, 4) is 11.1 Å². The van der Waals surface area contributed by atoms with E-state index >= 15 is 0 Å². The van der Waals surface area contributed by atoms with Crippen LogP contribution in [0.1, 0.15) is 6.92 Å². The summed E-state index contributed by atoms with van der Waals surface area (Å²) in [5.41, 5.74) is 4.00. The van der Waals surface area contributed by atoms with Crippen molar-refractivity contribution in [1.82, 2.24) is 0 Å². The molecule has 0 saturated carbocycles. The average Bonchev–Trinajstić information content (AvgIpc) is 2.74. The topological polar surface area (TPSA) is 13.1 Å². The van der Waals surface area contributed by atoms with Gasteiger partial charge in [0.2, 0.25) is 0 Å². The highest BCUT2D eigenvalue weighted by atomic mass is 16.3. The Morgan fingerprint density at radius 2 is 1.78 bits per heavy atom. The van der Waals surface area contributed by atoms with Gasteiger partial charge in [0, 0.05) is 10.6 Å². The number of hydrogen-bond acceptors (Lipinski definition) is 1. The predicted octanol–water partition coefficient (Wildman–Crippen LogP) is 3.31. The fourth-order valence-corrected chi connectivity index (χ4v) is 2.29. The molecule has 1 aromatic heterocycles. The minimum Gasteiger partial charge on any atom is -0.457 e. The summed E-state index contributed by atoms with van der Waals surface area (Å²) in [6.07, 6.45) is 2.04. The largest absolute Gasteiger partial charge is 0.457 e. The minimum atomic E-state index is 0.734. The number of rotatable bonds is 1. The molecule has 0 unspecified atom stereocenters. The molecule has 2 aromatic carbocycles. The molecule has 1 nitrogen and oxygen atoms in total. The number of furan rings is 1. The Morgan fingerprint density at radius 3 is 2.50 bits per heavy atom. The van der Waals surface area contributed by atoms with Gasteiger partial charge in [0.1, 0.15) is 11.0 Å². The van der Waals surface area contributed by atoms with Gasteiger partial charge in [-0.25, -0.2) is 0 Å². The predicted molar refractivity (Wildman–Crippen MR) is 76.6 cm³/mol. The summed E-state index contributed by atoms with van der Waals surface area (Å²) in [6, 6.07) is 16.6. The van der Waals surface area contributed by atoms with Crippen LogP contribution < -0.4 is 10.6 Å². The third-order valence-electron chi connectivity index (χ3n) is 3.20. The molecular formula is C17H14O. The highest BCUT2D eigenvalue weighted by molar-refractivity contribution is 5.84. The summed E-state index contributed by atoms with van der Waals surface area (Å²) in [5.74, 6) is 0. The maximum Gasteiger partial charge on any atom is 0.135 e. The van der Waals surface area contributed by atoms with E-state index in [-0.39, 0.29) is 0 Å². The second-order valence-corrected chi connectivity index (χ2v) is 4.30. The van der Waals surface area contributed by atoms with E-state index in [1.807, 2.05) is 31.2 Å². The molecule has 88 valence electrons. The highest BCUT2D eigenvalue weighted by Gasteiger charge is 2.04. The Balaban J connectivity index is 2.28. The molecule has 0 aliphatic carbocycles. The van der Waals surface area contributed by atoms with Gasteiger partial charge in [-0.3, -0.25) is 0 Å². The van der Waals surface area contributed by atoms with E-state index in [0.717, 1.165) is 21.6 Å². The zero-order valence-electron chi connectivity index (χ0n) is 10.3. The Bertz CT molecular complexity index is 795. The molecule has 0 saturated heterocycles. The summed E-state index contributed by atoms with van der Waals surface area (Å²) in [4.78, 5) is 0. The van der Waals surface area contributed by atoms with E-state index in [1.165, 1.54) is 11.1 Å². The Hall–Kier alpha value is -2.28. The Morgan fingerprint density at radius 1 is 1.00 bits per heavy atom. The second-order valence-electron chi connectivity index (χ2n) is 4.30. The lowest BCUT2D eigenvalue weighted by atomic mass is 10.0. The molecule has 1 heteroatoms. The molecule has 0 aliphatic heterocycles. The molecular weight excluding hydrogens is 220 g/mol. The van der Waals surface area contributed by atoms with Gasteiger partial charge in [-0.1, -0.05) is 49.1 Å². The van der Waals surface area contributed by atoms with Crippen LogP contribution in [-0.2, 0) is 0 Å².